The van der Waals surface area contributed by atoms with Crippen molar-refractivity contribution in [3.63, 3.8) is 0 Å². The molecule has 0 atom stereocenters. The maximum absolute atomic E-state index is 11.7. The van der Waals surface area contributed by atoms with Crippen LogP contribution in [0, 0.1) is 0 Å². The lowest BCUT2D eigenvalue weighted by atomic mass is 10.1. The summed E-state index contributed by atoms with van der Waals surface area (Å²) in [4.78, 5) is 13.5. The summed E-state index contributed by atoms with van der Waals surface area (Å²) >= 11 is 0. The Morgan fingerprint density at radius 2 is 2.07 bits per heavy atom. The second kappa shape index (κ2) is 4.17. The molecule has 4 heteroatoms. The first kappa shape index (κ1) is 11.3. The van der Waals surface area contributed by atoms with Gasteiger partial charge in [-0.05, 0) is 33.6 Å². The Bertz CT molecular complexity index is 207. The van der Waals surface area contributed by atoms with E-state index >= 15 is 0 Å². The molecule has 1 amide bonds. The Balaban J connectivity index is 2.54. The van der Waals surface area contributed by atoms with Crippen LogP contribution in [0.4, 0.5) is 4.79 Å². The Hall–Kier alpha value is -0.770. The van der Waals surface area contributed by atoms with Gasteiger partial charge in [0.1, 0.15) is 6.61 Å². The van der Waals surface area contributed by atoms with Gasteiger partial charge in [0.15, 0.2) is 0 Å². The summed E-state index contributed by atoms with van der Waals surface area (Å²) in [6, 6.07) is 0.375. The number of ether oxygens (including phenoxy) is 1. The van der Waals surface area contributed by atoms with Crippen LogP contribution in [-0.2, 0) is 4.74 Å². The van der Waals surface area contributed by atoms with Crippen LogP contribution in [0.1, 0.15) is 33.6 Å². The van der Waals surface area contributed by atoms with Crippen molar-refractivity contribution in [2.24, 2.45) is 5.73 Å². The van der Waals surface area contributed by atoms with Gasteiger partial charge in [0, 0.05) is 18.1 Å². The van der Waals surface area contributed by atoms with E-state index in [-0.39, 0.29) is 11.6 Å². The fourth-order valence-electron chi connectivity index (χ4n) is 1.52. The van der Waals surface area contributed by atoms with E-state index in [1.54, 1.807) is 0 Å². The molecule has 0 unspecified atom stereocenters. The number of nitrogens with zero attached hydrogens (tertiary/aromatic N) is 1. The molecule has 1 fully saturated rings. The maximum Gasteiger partial charge on any atom is 0.410 e. The lowest BCUT2D eigenvalue weighted by Gasteiger charge is -2.34. The van der Waals surface area contributed by atoms with Gasteiger partial charge in [-0.15, -0.1) is 0 Å². The first-order valence-corrected chi connectivity index (χ1v) is 5.13. The SMILES string of the molecule is CC(C)(C)N(C(=O)OCCN)C1CC1. The van der Waals surface area contributed by atoms with Crippen molar-refractivity contribution in [2.45, 2.75) is 45.2 Å². The minimum Gasteiger partial charge on any atom is -0.448 e. The number of rotatable bonds is 3. The van der Waals surface area contributed by atoms with E-state index in [2.05, 4.69) is 0 Å². The standard InChI is InChI=1S/C10H20N2O2/c1-10(2,3)12(8-4-5-8)9(13)14-7-6-11/h8H,4-7,11H2,1-3H3. The first-order valence-electron chi connectivity index (χ1n) is 5.13. The van der Waals surface area contributed by atoms with Gasteiger partial charge in [-0.25, -0.2) is 4.79 Å². The topological polar surface area (TPSA) is 55.6 Å². The van der Waals surface area contributed by atoms with Gasteiger partial charge >= 0.3 is 6.09 Å². The number of hydrogen-bond acceptors (Lipinski definition) is 3. The van der Waals surface area contributed by atoms with Crippen LogP contribution < -0.4 is 5.73 Å². The van der Waals surface area contributed by atoms with Gasteiger partial charge in [0.2, 0.25) is 0 Å². The monoisotopic (exact) mass is 200 g/mol. The average molecular weight is 200 g/mol. The zero-order valence-electron chi connectivity index (χ0n) is 9.25. The van der Waals surface area contributed by atoms with Gasteiger partial charge in [-0.2, -0.15) is 0 Å². The van der Waals surface area contributed by atoms with E-state index < -0.39 is 0 Å². The number of carbonyl (C=O) groups excluding carboxylic acids is 1. The molecule has 2 N–H and O–H groups in total. The molecule has 1 aliphatic rings. The molecule has 0 spiro atoms. The zero-order valence-corrected chi connectivity index (χ0v) is 9.25. The third-order valence-electron chi connectivity index (χ3n) is 2.17. The summed E-state index contributed by atoms with van der Waals surface area (Å²) in [5.74, 6) is 0. The molecule has 4 nitrogen and oxygen atoms in total. The summed E-state index contributed by atoms with van der Waals surface area (Å²) in [6.45, 7) is 6.76. The minimum absolute atomic E-state index is 0.160. The zero-order chi connectivity index (χ0) is 10.8. The van der Waals surface area contributed by atoms with Gasteiger partial charge in [0.25, 0.3) is 0 Å². The van der Waals surface area contributed by atoms with Crippen molar-refractivity contribution < 1.29 is 9.53 Å². The quantitative estimate of drug-likeness (QED) is 0.748. The first-order chi connectivity index (χ1) is 6.46. The van der Waals surface area contributed by atoms with Crippen LogP contribution in [-0.4, -0.2) is 35.7 Å². The van der Waals surface area contributed by atoms with Crippen molar-refractivity contribution in [3.8, 4) is 0 Å². The van der Waals surface area contributed by atoms with Gasteiger partial charge in [-0.3, -0.25) is 0 Å². The smallest absolute Gasteiger partial charge is 0.410 e. The Morgan fingerprint density at radius 1 is 1.50 bits per heavy atom. The second-order valence-corrected chi connectivity index (χ2v) is 4.68. The van der Waals surface area contributed by atoms with Crippen LogP contribution in [0.25, 0.3) is 0 Å². The molecule has 0 bridgehead atoms. The summed E-state index contributed by atoms with van der Waals surface area (Å²) in [5, 5.41) is 0. The molecule has 1 saturated carbocycles. The predicted octanol–water partition coefficient (Wildman–Crippen LogP) is 1.34. The molecule has 14 heavy (non-hydrogen) atoms. The molecule has 0 aromatic rings. The van der Waals surface area contributed by atoms with E-state index in [4.69, 9.17) is 10.5 Å². The molecule has 0 aromatic heterocycles. The molecule has 0 aromatic carbocycles. The van der Waals surface area contributed by atoms with E-state index in [1.165, 1.54) is 0 Å². The summed E-state index contributed by atoms with van der Waals surface area (Å²) < 4.78 is 5.04. The van der Waals surface area contributed by atoms with E-state index in [1.807, 2.05) is 25.7 Å². The van der Waals surface area contributed by atoms with Gasteiger partial charge in [0.05, 0.1) is 0 Å². The second-order valence-electron chi connectivity index (χ2n) is 4.68. The molecule has 1 rings (SSSR count). The maximum atomic E-state index is 11.7. The number of carbonyl (C=O) groups is 1. The third kappa shape index (κ3) is 2.87. The number of hydrogen-bond donors (Lipinski definition) is 1. The number of amides is 1. The van der Waals surface area contributed by atoms with E-state index in [0.29, 0.717) is 19.2 Å². The summed E-state index contributed by atoms with van der Waals surface area (Å²) in [7, 11) is 0. The molecular weight excluding hydrogens is 180 g/mol. The predicted molar refractivity (Wildman–Crippen MR) is 55.0 cm³/mol. The van der Waals surface area contributed by atoms with Crippen molar-refractivity contribution >= 4 is 6.09 Å². The van der Waals surface area contributed by atoms with Crippen molar-refractivity contribution in [1.29, 1.82) is 0 Å². The highest BCUT2D eigenvalue weighted by molar-refractivity contribution is 5.69. The highest BCUT2D eigenvalue weighted by Gasteiger charge is 2.40. The van der Waals surface area contributed by atoms with Crippen LogP contribution in [0.3, 0.4) is 0 Å². The van der Waals surface area contributed by atoms with E-state index in [9.17, 15) is 4.79 Å². The molecule has 0 saturated heterocycles. The molecule has 0 radical (unpaired) electrons. The lowest BCUT2D eigenvalue weighted by Crippen LogP contribution is -2.47. The van der Waals surface area contributed by atoms with Crippen LogP contribution in [0.15, 0.2) is 0 Å². The third-order valence-corrected chi connectivity index (χ3v) is 2.17. The largest absolute Gasteiger partial charge is 0.448 e. The summed E-state index contributed by atoms with van der Waals surface area (Å²) in [6.07, 6.45) is 1.95. The van der Waals surface area contributed by atoms with Gasteiger partial charge in [-0.1, -0.05) is 0 Å². The fourth-order valence-corrected chi connectivity index (χ4v) is 1.52. The normalized spacial score (nSPS) is 16.6. The molecular formula is C10H20N2O2. The van der Waals surface area contributed by atoms with Crippen LogP contribution >= 0.6 is 0 Å². The average Bonchev–Trinajstić information content (AvgIpc) is 2.82. The molecule has 0 aliphatic heterocycles. The molecule has 82 valence electrons. The summed E-state index contributed by atoms with van der Waals surface area (Å²) in [5.41, 5.74) is 5.12. The Morgan fingerprint density at radius 3 is 2.43 bits per heavy atom. The van der Waals surface area contributed by atoms with Crippen molar-refractivity contribution in [2.75, 3.05) is 13.2 Å². The fraction of sp³-hybridized carbons (Fsp3) is 0.900. The van der Waals surface area contributed by atoms with Crippen molar-refractivity contribution in [1.82, 2.24) is 4.90 Å². The lowest BCUT2D eigenvalue weighted by molar-refractivity contribution is 0.0655. The Labute approximate surface area is 85.4 Å². The van der Waals surface area contributed by atoms with Crippen molar-refractivity contribution in [3.05, 3.63) is 0 Å². The van der Waals surface area contributed by atoms with Crippen LogP contribution in [0.2, 0.25) is 0 Å². The van der Waals surface area contributed by atoms with Crippen LogP contribution in [0.5, 0.6) is 0 Å². The highest BCUT2D eigenvalue weighted by atomic mass is 16.6. The highest BCUT2D eigenvalue weighted by Crippen LogP contribution is 2.33. The van der Waals surface area contributed by atoms with E-state index in [0.717, 1.165) is 12.8 Å². The van der Waals surface area contributed by atoms with Gasteiger partial charge < -0.3 is 15.4 Å². The minimum atomic E-state index is -0.231. The Kier molecular flexibility index (Phi) is 3.37. The molecule has 0 heterocycles. The number of nitrogens with two attached hydrogens (primary N) is 1. The molecule has 1 aliphatic carbocycles.